The Morgan fingerprint density at radius 3 is 1.84 bits per heavy atom. The lowest BCUT2D eigenvalue weighted by atomic mass is 10.0. The van der Waals surface area contributed by atoms with Crippen molar-refractivity contribution >= 4 is 81.8 Å². The number of hydrogen-bond acceptors (Lipinski definition) is 1. The van der Waals surface area contributed by atoms with E-state index in [1.165, 1.54) is 59.9 Å². The molecule has 0 unspecified atom stereocenters. The zero-order valence-electron chi connectivity index (χ0n) is 24.2. The van der Waals surface area contributed by atoms with Crippen molar-refractivity contribution in [1.29, 1.82) is 0 Å². The summed E-state index contributed by atoms with van der Waals surface area (Å²) in [5.41, 5.74) is 11.4. The molecule has 0 saturated carbocycles. The molecule has 0 aliphatic heterocycles. The number of aromatic nitrogens is 2. The molecule has 11 aromatic rings. The minimum atomic E-state index is 0.906. The molecule has 4 aromatic heterocycles. The van der Waals surface area contributed by atoms with Crippen molar-refractivity contribution in [3.63, 3.8) is 0 Å². The molecule has 0 spiro atoms. The number of fused-ring (bicyclic) bond motifs is 13. The fraction of sp³-hybridized carbons (Fsp3) is 0. The average Bonchev–Trinajstić information content (AvgIpc) is 3.83. The van der Waals surface area contributed by atoms with Crippen molar-refractivity contribution in [1.82, 2.24) is 8.97 Å². The van der Waals surface area contributed by atoms with E-state index in [0.29, 0.717) is 0 Å². The molecule has 4 heterocycles. The van der Waals surface area contributed by atoms with Crippen LogP contribution in [0.15, 0.2) is 150 Å². The largest absolute Gasteiger partial charge is 0.455 e. The Bertz CT molecular complexity index is 2970. The first-order valence-corrected chi connectivity index (χ1v) is 15.5. The van der Waals surface area contributed by atoms with Gasteiger partial charge in [-0.25, -0.2) is 0 Å². The zero-order chi connectivity index (χ0) is 29.2. The molecule has 0 aliphatic rings. The summed E-state index contributed by atoms with van der Waals surface area (Å²) in [6.07, 6.45) is 0. The highest BCUT2D eigenvalue weighted by molar-refractivity contribution is 6.35. The summed E-state index contributed by atoms with van der Waals surface area (Å²) < 4.78 is 11.5. The highest BCUT2D eigenvalue weighted by Gasteiger charge is 2.24. The number of nitrogens with zero attached hydrogens (tertiary/aromatic N) is 2. The molecule has 0 radical (unpaired) electrons. The molecular weight excluding hydrogens is 548 g/mol. The summed E-state index contributed by atoms with van der Waals surface area (Å²) in [5, 5.41) is 9.99. The Labute approximate surface area is 257 Å². The highest BCUT2D eigenvalue weighted by Crippen LogP contribution is 2.47. The summed E-state index contributed by atoms with van der Waals surface area (Å²) in [6.45, 7) is 0. The molecule has 3 heteroatoms. The molecule has 7 aromatic carbocycles. The van der Waals surface area contributed by atoms with Gasteiger partial charge in [0, 0.05) is 54.3 Å². The number of rotatable bonds is 2. The molecule has 0 bridgehead atoms. The van der Waals surface area contributed by atoms with Crippen molar-refractivity contribution in [3.05, 3.63) is 146 Å². The van der Waals surface area contributed by atoms with E-state index >= 15 is 0 Å². The Kier molecular flexibility index (Phi) is 4.32. The van der Waals surface area contributed by atoms with Crippen LogP contribution in [-0.2, 0) is 0 Å². The minimum Gasteiger partial charge on any atom is -0.455 e. The maximum Gasteiger partial charge on any atom is 0.143 e. The van der Waals surface area contributed by atoms with E-state index in [-0.39, 0.29) is 0 Å². The number of hydrogen-bond donors (Lipinski definition) is 0. The van der Waals surface area contributed by atoms with Gasteiger partial charge in [-0.05, 0) is 48.0 Å². The molecule has 0 fully saturated rings. The second kappa shape index (κ2) is 8.31. The summed E-state index contributed by atoms with van der Waals surface area (Å²) in [6, 6.07) is 52.6. The average molecular weight is 573 g/mol. The van der Waals surface area contributed by atoms with Crippen LogP contribution in [0.25, 0.3) is 98.7 Å². The fourth-order valence-corrected chi connectivity index (χ4v) is 8.02. The van der Waals surface area contributed by atoms with E-state index in [1.807, 2.05) is 6.07 Å². The van der Waals surface area contributed by atoms with Crippen molar-refractivity contribution < 1.29 is 4.42 Å². The second-order valence-electron chi connectivity index (χ2n) is 12.1. The molecule has 208 valence electrons. The lowest BCUT2D eigenvalue weighted by Crippen LogP contribution is -1.95. The van der Waals surface area contributed by atoms with E-state index in [0.717, 1.165) is 38.8 Å². The lowest BCUT2D eigenvalue weighted by molar-refractivity contribution is 0.670. The highest BCUT2D eigenvalue weighted by atomic mass is 16.3. The lowest BCUT2D eigenvalue weighted by Gasteiger charge is -2.12. The van der Waals surface area contributed by atoms with Crippen LogP contribution in [-0.4, -0.2) is 8.97 Å². The van der Waals surface area contributed by atoms with Crippen molar-refractivity contribution in [3.8, 4) is 16.8 Å². The van der Waals surface area contributed by atoms with Crippen LogP contribution in [0.2, 0.25) is 0 Å². The van der Waals surface area contributed by atoms with Gasteiger partial charge in [0.25, 0.3) is 0 Å². The van der Waals surface area contributed by atoms with E-state index < -0.39 is 0 Å². The van der Waals surface area contributed by atoms with Crippen LogP contribution in [0.5, 0.6) is 0 Å². The monoisotopic (exact) mass is 572 g/mol. The van der Waals surface area contributed by atoms with Crippen LogP contribution in [0.4, 0.5) is 0 Å². The zero-order valence-corrected chi connectivity index (χ0v) is 24.2. The normalized spacial score (nSPS) is 12.4. The van der Waals surface area contributed by atoms with Crippen molar-refractivity contribution in [2.24, 2.45) is 0 Å². The van der Waals surface area contributed by atoms with Gasteiger partial charge in [0.05, 0.1) is 27.6 Å². The fourth-order valence-electron chi connectivity index (χ4n) is 8.02. The van der Waals surface area contributed by atoms with Crippen LogP contribution in [0.3, 0.4) is 0 Å². The Balaban J connectivity index is 1.38. The van der Waals surface area contributed by atoms with E-state index in [9.17, 15) is 0 Å². The van der Waals surface area contributed by atoms with Gasteiger partial charge in [0.2, 0.25) is 0 Å². The molecule has 11 rings (SSSR count). The van der Waals surface area contributed by atoms with Gasteiger partial charge < -0.3 is 13.4 Å². The number of furan rings is 1. The molecule has 45 heavy (non-hydrogen) atoms. The standard InChI is InChI=1S/C42H24N2O/c1-2-12-25(13-3-1)31-22-26(23-33-28-15-7-11-21-38(28)45-42(31)33)43-35-19-9-5-16-29(35)39-37(43)24-32-27-14-4-8-18-34(27)44-36-20-10-6-17-30(36)40(39)41(32)44/h1-24H. The van der Waals surface area contributed by atoms with Crippen LogP contribution >= 0.6 is 0 Å². The number of para-hydroxylation sites is 4. The van der Waals surface area contributed by atoms with Crippen LogP contribution < -0.4 is 0 Å². The first kappa shape index (κ1) is 23.4. The summed E-state index contributed by atoms with van der Waals surface area (Å²) in [7, 11) is 0. The third kappa shape index (κ3) is 2.90. The molecule has 0 saturated heterocycles. The maximum atomic E-state index is 6.55. The summed E-state index contributed by atoms with van der Waals surface area (Å²) in [5.74, 6) is 0. The van der Waals surface area contributed by atoms with Gasteiger partial charge in [-0.2, -0.15) is 0 Å². The Morgan fingerprint density at radius 1 is 0.422 bits per heavy atom. The van der Waals surface area contributed by atoms with E-state index in [4.69, 9.17) is 4.42 Å². The smallest absolute Gasteiger partial charge is 0.143 e. The molecule has 0 amide bonds. The third-order valence-electron chi connectivity index (χ3n) is 9.81. The SMILES string of the molecule is c1ccc(-c2cc(-n3c4ccccc4c4c5c6ccccc6n6c7ccccc7c(cc43)c56)cc3c2oc2ccccc23)cc1. The molecular formula is C42H24N2O. The predicted molar refractivity (Wildman–Crippen MR) is 188 cm³/mol. The molecule has 0 aliphatic carbocycles. The van der Waals surface area contributed by atoms with Crippen molar-refractivity contribution in [2.45, 2.75) is 0 Å². The number of benzene rings is 7. The van der Waals surface area contributed by atoms with Crippen LogP contribution in [0, 0.1) is 0 Å². The molecule has 0 N–H and O–H groups in total. The minimum absolute atomic E-state index is 0.906. The first-order chi connectivity index (χ1) is 22.3. The summed E-state index contributed by atoms with van der Waals surface area (Å²) >= 11 is 0. The third-order valence-corrected chi connectivity index (χ3v) is 9.81. The Hall–Kier alpha value is -6.06. The summed E-state index contributed by atoms with van der Waals surface area (Å²) in [4.78, 5) is 0. The molecule has 0 atom stereocenters. The van der Waals surface area contributed by atoms with Gasteiger partial charge in [0.15, 0.2) is 0 Å². The predicted octanol–water partition coefficient (Wildman–Crippen LogP) is 11.5. The van der Waals surface area contributed by atoms with Gasteiger partial charge in [-0.1, -0.05) is 103 Å². The topological polar surface area (TPSA) is 22.5 Å². The van der Waals surface area contributed by atoms with E-state index in [1.54, 1.807) is 0 Å². The Morgan fingerprint density at radius 2 is 1.04 bits per heavy atom. The molecule has 3 nitrogen and oxygen atoms in total. The van der Waals surface area contributed by atoms with Gasteiger partial charge in [-0.15, -0.1) is 0 Å². The second-order valence-corrected chi connectivity index (χ2v) is 12.1. The first-order valence-electron chi connectivity index (χ1n) is 15.5. The van der Waals surface area contributed by atoms with Gasteiger partial charge >= 0.3 is 0 Å². The van der Waals surface area contributed by atoms with Crippen molar-refractivity contribution in [2.75, 3.05) is 0 Å². The van der Waals surface area contributed by atoms with Gasteiger partial charge in [-0.3, -0.25) is 0 Å². The maximum absolute atomic E-state index is 6.55. The van der Waals surface area contributed by atoms with Crippen LogP contribution in [0.1, 0.15) is 0 Å². The van der Waals surface area contributed by atoms with E-state index in [2.05, 4.69) is 148 Å². The van der Waals surface area contributed by atoms with Gasteiger partial charge in [0.1, 0.15) is 11.2 Å². The quantitative estimate of drug-likeness (QED) is 0.202.